The van der Waals surface area contributed by atoms with Crippen molar-refractivity contribution in [3.63, 3.8) is 0 Å². The second kappa shape index (κ2) is 15.4. The number of hydrogen-bond acceptors (Lipinski definition) is 4. The first-order valence-electron chi connectivity index (χ1n) is 16.1. The van der Waals surface area contributed by atoms with E-state index in [1.165, 1.54) is 18.2 Å². The molecule has 0 spiro atoms. The van der Waals surface area contributed by atoms with Crippen LogP contribution in [0, 0.1) is 12.8 Å². The van der Waals surface area contributed by atoms with Crippen LogP contribution in [0.5, 0.6) is 5.75 Å². The van der Waals surface area contributed by atoms with Gasteiger partial charge in [0.15, 0.2) is 5.78 Å². The zero-order chi connectivity index (χ0) is 33.4. The van der Waals surface area contributed by atoms with E-state index in [0.29, 0.717) is 48.9 Å². The number of carbonyl (C=O) groups excluding carboxylic acids is 2. The fraction of sp³-hybridized carbons (Fsp3) is 0.333. The van der Waals surface area contributed by atoms with Gasteiger partial charge in [-0.15, -0.1) is 13.2 Å². The van der Waals surface area contributed by atoms with Crippen molar-refractivity contribution in [1.29, 1.82) is 0 Å². The summed E-state index contributed by atoms with van der Waals surface area (Å²) in [4.78, 5) is 29.4. The lowest BCUT2D eigenvalue weighted by Gasteiger charge is -2.26. The average molecular weight is 644 g/mol. The van der Waals surface area contributed by atoms with E-state index in [-0.39, 0.29) is 29.9 Å². The number of likely N-dealkylation sites (tertiary alicyclic amines) is 1. The van der Waals surface area contributed by atoms with Gasteiger partial charge >= 0.3 is 6.36 Å². The van der Waals surface area contributed by atoms with Crippen LogP contribution in [0.3, 0.4) is 0 Å². The molecule has 4 aromatic rings. The lowest BCUT2D eigenvalue weighted by molar-refractivity contribution is -0.274. The number of halogens is 3. The molecule has 1 aliphatic rings. The maximum absolute atomic E-state index is 13.8. The summed E-state index contributed by atoms with van der Waals surface area (Å²) in [5.41, 5.74) is 4.49. The van der Waals surface area contributed by atoms with Crippen molar-refractivity contribution in [2.24, 2.45) is 5.92 Å². The van der Waals surface area contributed by atoms with Crippen molar-refractivity contribution in [3.8, 4) is 5.75 Å². The van der Waals surface area contributed by atoms with Crippen molar-refractivity contribution in [2.75, 3.05) is 6.54 Å². The van der Waals surface area contributed by atoms with Gasteiger partial charge in [-0.05, 0) is 104 Å². The summed E-state index contributed by atoms with van der Waals surface area (Å²) in [6.07, 6.45) is -1.91. The molecule has 1 heterocycles. The number of alkyl halides is 3. The molecule has 0 aliphatic carbocycles. The molecule has 8 heteroatoms. The zero-order valence-electron chi connectivity index (χ0n) is 26.5. The third-order valence-electron chi connectivity index (χ3n) is 8.77. The number of nitrogens with zero attached hydrogens (tertiary/aromatic N) is 1. The lowest BCUT2D eigenvalue weighted by Crippen LogP contribution is -2.31. The second-order valence-corrected chi connectivity index (χ2v) is 12.4. The average Bonchev–Trinajstić information content (AvgIpc) is 3.54. The van der Waals surface area contributed by atoms with Gasteiger partial charge < -0.3 is 14.7 Å². The fourth-order valence-corrected chi connectivity index (χ4v) is 6.53. The molecule has 0 bridgehead atoms. The van der Waals surface area contributed by atoms with Gasteiger partial charge in [-0.3, -0.25) is 9.59 Å². The number of carbonyl (C=O) groups is 2. The van der Waals surface area contributed by atoms with Gasteiger partial charge in [-0.25, -0.2) is 0 Å². The van der Waals surface area contributed by atoms with E-state index in [9.17, 15) is 27.9 Å². The number of aliphatic hydroxyl groups is 1. The maximum Gasteiger partial charge on any atom is 0.573 e. The highest BCUT2D eigenvalue weighted by atomic mass is 19.4. The Labute approximate surface area is 274 Å². The van der Waals surface area contributed by atoms with Crippen LogP contribution in [0.2, 0.25) is 0 Å². The van der Waals surface area contributed by atoms with Crippen LogP contribution in [-0.4, -0.2) is 40.7 Å². The molecule has 1 saturated heterocycles. The summed E-state index contributed by atoms with van der Waals surface area (Å²) in [7, 11) is 0. The molecule has 4 aromatic carbocycles. The Hall–Kier alpha value is -4.43. The zero-order valence-corrected chi connectivity index (χ0v) is 26.5. The molecule has 0 aromatic heterocycles. The van der Waals surface area contributed by atoms with E-state index in [2.05, 4.69) is 4.74 Å². The van der Waals surface area contributed by atoms with Crippen molar-refractivity contribution in [2.45, 2.75) is 70.4 Å². The van der Waals surface area contributed by atoms with E-state index >= 15 is 0 Å². The first-order chi connectivity index (χ1) is 22.6. The fourth-order valence-electron chi connectivity index (χ4n) is 6.53. The van der Waals surface area contributed by atoms with Crippen LogP contribution in [0.1, 0.15) is 81.1 Å². The molecule has 0 radical (unpaired) electrons. The van der Waals surface area contributed by atoms with Crippen LogP contribution < -0.4 is 4.74 Å². The van der Waals surface area contributed by atoms with Crippen molar-refractivity contribution >= 4 is 11.7 Å². The van der Waals surface area contributed by atoms with Gasteiger partial charge in [0, 0.05) is 24.1 Å². The first kappa shape index (κ1) is 33.9. The highest BCUT2D eigenvalue weighted by Gasteiger charge is 2.32. The van der Waals surface area contributed by atoms with Gasteiger partial charge in [0.05, 0.1) is 12.1 Å². The summed E-state index contributed by atoms with van der Waals surface area (Å²) in [6, 6.07) is 30.8. The molecular weight excluding hydrogens is 603 g/mol. The number of ketones is 1. The van der Waals surface area contributed by atoms with E-state index in [0.717, 1.165) is 29.5 Å². The molecule has 5 nitrogen and oxygen atoms in total. The normalized spacial score (nSPS) is 16.1. The van der Waals surface area contributed by atoms with E-state index in [1.807, 2.05) is 78.6 Å². The Morgan fingerprint density at radius 1 is 0.894 bits per heavy atom. The number of ether oxygens (including phenoxy) is 1. The summed E-state index contributed by atoms with van der Waals surface area (Å²) in [5.74, 6) is -0.926. The molecule has 47 heavy (non-hydrogen) atoms. The molecule has 5 rings (SSSR count). The third-order valence-corrected chi connectivity index (χ3v) is 8.77. The highest BCUT2D eigenvalue weighted by Crippen LogP contribution is 2.33. The molecule has 1 aliphatic heterocycles. The standard InChI is InChI=1S/C39H40F3NO4/c1-27-21-31(25-33(22-27)38(46)43-20-10-18-35(43)30-15-6-3-7-16-30)37(45)26-32(23-28-11-4-2-5-12-28)36(44)19-9-14-29-13-8-17-34(24-29)47-39(40,41)42/h2-8,11-13,15-17,21-22,24-25,32,35-36,44H,9-10,14,18-20,23,26H2,1H3/t32-,35?,36-/m1/s1. The Bertz CT molecular complexity index is 1640. The monoisotopic (exact) mass is 643 g/mol. The van der Waals surface area contributed by atoms with Gasteiger partial charge in [-0.1, -0.05) is 72.8 Å². The molecule has 1 fully saturated rings. The number of hydrogen-bond donors (Lipinski definition) is 1. The topological polar surface area (TPSA) is 66.8 Å². The van der Waals surface area contributed by atoms with Crippen molar-refractivity contribution in [1.82, 2.24) is 4.90 Å². The van der Waals surface area contributed by atoms with Crippen LogP contribution in [-0.2, 0) is 12.8 Å². The number of benzene rings is 4. The lowest BCUT2D eigenvalue weighted by atomic mass is 9.85. The van der Waals surface area contributed by atoms with Gasteiger partial charge in [0.1, 0.15) is 5.75 Å². The van der Waals surface area contributed by atoms with Crippen LogP contribution in [0.4, 0.5) is 13.2 Å². The van der Waals surface area contributed by atoms with E-state index in [1.54, 1.807) is 18.2 Å². The highest BCUT2D eigenvalue weighted by molar-refractivity contribution is 6.01. The summed E-state index contributed by atoms with van der Waals surface area (Å²) in [6.45, 7) is 2.53. The van der Waals surface area contributed by atoms with Gasteiger partial charge in [-0.2, -0.15) is 0 Å². The van der Waals surface area contributed by atoms with Crippen LogP contribution in [0.15, 0.2) is 103 Å². The number of aliphatic hydroxyl groups excluding tert-OH is 1. The molecule has 3 atom stereocenters. The predicted octanol–water partition coefficient (Wildman–Crippen LogP) is 8.69. The molecule has 1 unspecified atom stereocenters. The minimum Gasteiger partial charge on any atom is -0.406 e. The minimum absolute atomic E-state index is 0.00611. The van der Waals surface area contributed by atoms with E-state index in [4.69, 9.17) is 0 Å². The Morgan fingerprint density at radius 2 is 1.57 bits per heavy atom. The SMILES string of the molecule is Cc1cc(C(=O)C[C@@H](Cc2ccccc2)[C@H](O)CCCc2cccc(OC(F)(F)F)c2)cc(C(=O)N2CCCC2c2ccccc2)c1. The van der Waals surface area contributed by atoms with E-state index < -0.39 is 18.4 Å². The second-order valence-electron chi connectivity index (χ2n) is 12.4. The smallest absolute Gasteiger partial charge is 0.406 e. The molecule has 246 valence electrons. The maximum atomic E-state index is 13.8. The van der Waals surface area contributed by atoms with Crippen molar-refractivity contribution in [3.05, 3.63) is 137 Å². The number of rotatable bonds is 13. The largest absolute Gasteiger partial charge is 0.573 e. The quantitative estimate of drug-likeness (QED) is 0.148. The number of Topliss-reactive ketones (excluding diaryl/α,β-unsaturated/α-hetero) is 1. The summed E-state index contributed by atoms with van der Waals surface area (Å²) < 4.78 is 42.0. The number of amides is 1. The Balaban J connectivity index is 1.28. The first-order valence-corrected chi connectivity index (χ1v) is 16.1. The molecule has 1 N–H and O–H groups in total. The van der Waals surface area contributed by atoms with Crippen LogP contribution in [0.25, 0.3) is 0 Å². The Morgan fingerprint density at radius 3 is 2.30 bits per heavy atom. The summed E-state index contributed by atoms with van der Waals surface area (Å²) >= 11 is 0. The molecular formula is C39H40F3NO4. The van der Waals surface area contributed by atoms with Gasteiger partial charge in [0.2, 0.25) is 0 Å². The minimum atomic E-state index is -4.77. The molecule has 1 amide bonds. The van der Waals surface area contributed by atoms with Crippen LogP contribution >= 0.6 is 0 Å². The van der Waals surface area contributed by atoms with Gasteiger partial charge in [0.25, 0.3) is 5.91 Å². The summed E-state index contributed by atoms with van der Waals surface area (Å²) in [5, 5.41) is 11.3. The predicted molar refractivity (Wildman–Crippen MR) is 175 cm³/mol. The molecule has 0 saturated carbocycles. The van der Waals surface area contributed by atoms with Crippen molar-refractivity contribution < 1.29 is 32.6 Å². The third kappa shape index (κ3) is 9.55. The Kier molecular flexibility index (Phi) is 11.1. The number of aryl methyl sites for hydroxylation is 2.